The van der Waals surface area contributed by atoms with Gasteiger partial charge in [-0.2, -0.15) is 0 Å². The van der Waals surface area contributed by atoms with E-state index in [1.54, 1.807) is 5.57 Å². The van der Waals surface area contributed by atoms with Crippen molar-refractivity contribution in [2.45, 2.75) is 25.7 Å². The van der Waals surface area contributed by atoms with Crippen molar-refractivity contribution in [1.82, 2.24) is 5.32 Å². The molecule has 3 saturated carbocycles. The summed E-state index contributed by atoms with van der Waals surface area (Å²) < 4.78 is 0. The van der Waals surface area contributed by atoms with Gasteiger partial charge in [0.1, 0.15) is 0 Å². The molecule has 5 aliphatic carbocycles. The minimum absolute atomic E-state index is 1.03. The summed E-state index contributed by atoms with van der Waals surface area (Å²) in [5.41, 5.74) is 3.66. The second-order valence-corrected chi connectivity index (χ2v) is 4.76. The smallest absolute Gasteiger partial charge is 0.0164 e. The monoisotopic (exact) mass is 163 g/mol. The molecule has 5 rings (SSSR count). The molecule has 1 N–H and O–H groups in total. The van der Waals surface area contributed by atoms with E-state index in [0.717, 1.165) is 17.8 Å². The standard InChI is InChI=1S/C11H17N/c1-12-6-10-4-7-2-8-5-9(3-7)11(8)10/h7-9,12H,2-6H2,1H3/t7?,8-,9+. The molecule has 12 heavy (non-hydrogen) atoms. The van der Waals surface area contributed by atoms with E-state index < -0.39 is 0 Å². The molecule has 0 aromatic carbocycles. The molecule has 0 spiro atoms. The molecule has 1 unspecified atom stereocenters. The lowest BCUT2D eigenvalue weighted by molar-refractivity contribution is 0.122. The highest BCUT2D eigenvalue weighted by molar-refractivity contribution is 5.34. The summed E-state index contributed by atoms with van der Waals surface area (Å²) in [6.45, 7) is 1.17. The summed E-state index contributed by atoms with van der Waals surface area (Å²) in [5, 5.41) is 3.31. The fourth-order valence-electron chi connectivity index (χ4n) is 3.72. The van der Waals surface area contributed by atoms with Gasteiger partial charge >= 0.3 is 0 Å². The first kappa shape index (κ1) is 7.14. The van der Waals surface area contributed by atoms with Crippen molar-refractivity contribution in [3.8, 4) is 0 Å². The summed E-state index contributed by atoms with van der Waals surface area (Å²) >= 11 is 0. The van der Waals surface area contributed by atoms with Crippen LogP contribution >= 0.6 is 0 Å². The first-order valence-corrected chi connectivity index (χ1v) is 5.25. The van der Waals surface area contributed by atoms with Gasteiger partial charge in [-0.15, -0.1) is 0 Å². The van der Waals surface area contributed by atoms with Crippen LogP contribution in [0.25, 0.3) is 0 Å². The lowest BCUT2D eigenvalue weighted by Crippen LogP contribution is -2.43. The number of nitrogens with one attached hydrogen (secondary N) is 1. The average Bonchev–Trinajstić information content (AvgIpc) is 2.03. The molecule has 0 amide bonds. The molecule has 5 aliphatic rings. The van der Waals surface area contributed by atoms with Crippen LogP contribution < -0.4 is 5.32 Å². The van der Waals surface area contributed by atoms with Crippen LogP contribution in [0, 0.1) is 17.8 Å². The van der Waals surface area contributed by atoms with Gasteiger partial charge in [0.25, 0.3) is 0 Å². The third-order valence-corrected chi connectivity index (χ3v) is 4.02. The number of hydrogen-bond acceptors (Lipinski definition) is 1. The van der Waals surface area contributed by atoms with Gasteiger partial charge in [0, 0.05) is 6.54 Å². The molecular weight excluding hydrogens is 146 g/mol. The number of fused-ring (bicyclic) bond motifs is 1. The van der Waals surface area contributed by atoms with Gasteiger partial charge in [0.15, 0.2) is 0 Å². The van der Waals surface area contributed by atoms with E-state index in [2.05, 4.69) is 12.4 Å². The molecule has 0 aliphatic heterocycles. The second-order valence-electron chi connectivity index (χ2n) is 4.76. The average molecular weight is 163 g/mol. The van der Waals surface area contributed by atoms with Crippen molar-refractivity contribution in [2.75, 3.05) is 13.6 Å². The van der Waals surface area contributed by atoms with E-state index >= 15 is 0 Å². The molecule has 0 saturated heterocycles. The van der Waals surface area contributed by atoms with Crippen molar-refractivity contribution < 1.29 is 0 Å². The molecule has 1 heteroatoms. The topological polar surface area (TPSA) is 12.0 Å². The predicted molar refractivity (Wildman–Crippen MR) is 49.9 cm³/mol. The predicted octanol–water partition coefficient (Wildman–Crippen LogP) is 1.95. The molecule has 0 aromatic rings. The van der Waals surface area contributed by atoms with Crippen LogP contribution in [0.3, 0.4) is 0 Å². The Kier molecular flexibility index (Phi) is 1.40. The Morgan fingerprint density at radius 1 is 1.25 bits per heavy atom. The van der Waals surface area contributed by atoms with E-state index in [0.29, 0.717) is 0 Å². The van der Waals surface area contributed by atoms with Crippen molar-refractivity contribution >= 4 is 0 Å². The Morgan fingerprint density at radius 3 is 2.58 bits per heavy atom. The normalized spacial score (nSPS) is 43.2. The maximum atomic E-state index is 3.31. The molecule has 1 nitrogen and oxygen atoms in total. The highest BCUT2D eigenvalue weighted by atomic mass is 14.8. The number of likely N-dealkylation sites (N-methyl/N-ethyl adjacent to an activating group) is 1. The van der Waals surface area contributed by atoms with Crippen molar-refractivity contribution in [1.29, 1.82) is 0 Å². The van der Waals surface area contributed by atoms with Gasteiger partial charge in [0.2, 0.25) is 0 Å². The largest absolute Gasteiger partial charge is 0.316 e. The maximum absolute atomic E-state index is 3.31. The third-order valence-electron chi connectivity index (χ3n) is 4.02. The number of allylic oxidation sites excluding steroid dienone is 1. The fourth-order valence-corrected chi connectivity index (χ4v) is 3.72. The van der Waals surface area contributed by atoms with Crippen LogP contribution in [0.2, 0.25) is 0 Å². The zero-order chi connectivity index (χ0) is 8.13. The molecule has 3 fully saturated rings. The Balaban J connectivity index is 1.92. The van der Waals surface area contributed by atoms with Gasteiger partial charge < -0.3 is 5.32 Å². The van der Waals surface area contributed by atoms with Gasteiger partial charge in [-0.25, -0.2) is 0 Å². The van der Waals surface area contributed by atoms with E-state index in [4.69, 9.17) is 0 Å². The summed E-state index contributed by atoms with van der Waals surface area (Å²) in [4.78, 5) is 0. The first-order valence-electron chi connectivity index (χ1n) is 5.25. The number of rotatable bonds is 2. The van der Waals surface area contributed by atoms with E-state index in [9.17, 15) is 0 Å². The van der Waals surface area contributed by atoms with Crippen LogP contribution in [-0.2, 0) is 0 Å². The molecule has 3 atom stereocenters. The first-order chi connectivity index (χ1) is 5.88. The highest BCUT2D eigenvalue weighted by Crippen LogP contribution is 2.59. The SMILES string of the molecule is CNCC1=C2[C@@H]3CC(C1)C[C@H]2C3. The van der Waals surface area contributed by atoms with Crippen molar-refractivity contribution in [2.24, 2.45) is 17.8 Å². The second kappa shape index (κ2) is 2.35. The zero-order valence-electron chi connectivity index (χ0n) is 7.77. The van der Waals surface area contributed by atoms with Gasteiger partial charge in [0.05, 0.1) is 0 Å². The Hall–Kier alpha value is -0.300. The highest BCUT2D eigenvalue weighted by Gasteiger charge is 2.47. The van der Waals surface area contributed by atoms with Gasteiger partial charge in [-0.05, 0) is 50.5 Å². The Morgan fingerprint density at radius 2 is 2.00 bits per heavy atom. The van der Waals surface area contributed by atoms with Crippen LogP contribution in [0.5, 0.6) is 0 Å². The summed E-state index contributed by atoms with van der Waals surface area (Å²) in [7, 11) is 2.07. The maximum Gasteiger partial charge on any atom is 0.0164 e. The molecular formula is C11H17N. The summed E-state index contributed by atoms with van der Waals surface area (Å²) in [6.07, 6.45) is 6.00. The van der Waals surface area contributed by atoms with Gasteiger partial charge in [-0.1, -0.05) is 11.1 Å². The minimum Gasteiger partial charge on any atom is -0.316 e. The molecule has 4 bridgehead atoms. The Bertz CT molecular complexity index is 227. The minimum atomic E-state index is 1.03. The lowest BCUT2D eigenvalue weighted by Gasteiger charge is -2.54. The third kappa shape index (κ3) is 0.779. The fraction of sp³-hybridized carbons (Fsp3) is 0.818. The van der Waals surface area contributed by atoms with E-state index in [-0.39, 0.29) is 0 Å². The van der Waals surface area contributed by atoms with Gasteiger partial charge in [-0.3, -0.25) is 0 Å². The van der Waals surface area contributed by atoms with Crippen molar-refractivity contribution in [3.05, 3.63) is 11.1 Å². The summed E-state index contributed by atoms with van der Waals surface area (Å²) in [5.74, 6) is 3.13. The molecule has 66 valence electrons. The Labute approximate surface area is 74.2 Å². The van der Waals surface area contributed by atoms with Crippen LogP contribution in [0.4, 0.5) is 0 Å². The zero-order valence-corrected chi connectivity index (χ0v) is 7.77. The lowest BCUT2D eigenvalue weighted by atomic mass is 9.51. The van der Waals surface area contributed by atoms with E-state index in [1.807, 2.05) is 5.57 Å². The van der Waals surface area contributed by atoms with Crippen LogP contribution in [0.1, 0.15) is 25.7 Å². The van der Waals surface area contributed by atoms with E-state index in [1.165, 1.54) is 32.2 Å². The molecule has 0 heterocycles. The van der Waals surface area contributed by atoms with Crippen molar-refractivity contribution in [3.63, 3.8) is 0 Å². The van der Waals surface area contributed by atoms with Crippen LogP contribution in [-0.4, -0.2) is 13.6 Å². The molecule has 0 radical (unpaired) electrons. The quantitative estimate of drug-likeness (QED) is 0.613. The number of hydrogen-bond donors (Lipinski definition) is 1. The summed E-state index contributed by atoms with van der Waals surface area (Å²) in [6, 6.07) is 0. The van der Waals surface area contributed by atoms with Crippen LogP contribution in [0.15, 0.2) is 11.1 Å². The molecule has 0 aromatic heterocycles.